The van der Waals surface area contributed by atoms with Crippen molar-refractivity contribution in [1.29, 1.82) is 0 Å². The van der Waals surface area contributed by atoms with Gasteiger partial charge in [0.05, 0.1) is 18.5 Å². The number of hydrogen-bond donors (Lipinski definition) is 1. The average molecular weight is 425 g/mol. The second kappa shape index (κ2) is 8.40. The number of rotatable bonds is 6. The molecule has 30 heavy (non-hydrogen) atoms. The van der Waals surface area contributed by atoms with Crippen molar-refractivity contribution in [1.82, 2.24) is 0 Å². The highest BCUT2D eigenvalue weighted by Gasteiger charge is 2.47. The van der Waals surface area contributed by atoms with Crippen LogP contribution in [0.15, 0.2) is 65.7 Å². The summed E-state index contributed by atoms with van der Waals surface area (Å²) in [6.07, 6.45) is 3.43. The largest absolute Gasteiger partial charge is 0.508 e. The standard InChI is InChI=1S/C25H28O4S/c1-17(2)22-16-30(27,28)24-15-29-23(25(22)24)12-11-20(19-8-4-3-5-9-19)13-18-7-6-10-21(26)14-18/h3-10,13-14,17,23-24,26H,11-12,15-16H2,1-2H3/b20-13-/t23-,24+/m1/s1. The van der Waals surface area contributed by atoms with Gasteiger partial charge in [-0.2, -0.15) is 0 Å². The number of allylic oxidation sites excluding steroid dienone is 1. The van der Waals surface area contributed by atoms with Crippen molar-refractivity contribution in [3.63, 3.8) is 0 Å². The Morgan fingerprint density at radius 1 is 1.17 bits per heavy atom. The first kappa shape index (κ1) is 20.9. The molecule has 2 aromatic carbocycles. The number of fused-ring (bicyclic) bond motifs is 1. The fourth-order valence-electron chi connectivity index (χ4n) is 4.50. The number of sulfone groups is 1. The van der Waals surface area contributed by atoms with Gasteiger partial charge in [-0.15, -0.1) is 0 Å². The first-order valence-electron chi connectivity index (χ1n) is 10.5. The van der Waals surface area contributed by atoms with Crippen LogP contribution in [-0.2, 0) is 14.6 Å². The summed E-state index contributed by atoms with van der Waals surface area (Å²) in [6, 6.07) is 17.4. The van der Waals surface area contributed by atoms with Crippen LogP contribution in [0.3, 0.4) is 0 Å². The van der Waals surface area contributed by atoms with Gasteiger partial charge in [-0.3, -0.25) is 0 Å². The molecule has 2 aliphatic rings. The lowest BCUT2D eigenvalue weighted by atomic mass is 9.90. The van der Waals surface area contributed by atoms with E-state index in [1.165, 1.54) is 0 Å². The molecule has 2 aromatic rings. The zero-order valence-electron chi connectivity index (χ0n) is 17.4. The Hall–Kier alpha value is -2.37. The van der Waals surface area contributed by atoms with Crippen molar-refractivity contribution in [2.75, 3.05) is 12.4 Å². The molecule has 1 saturated heterocycles. The van der Waals surface area contributed by atoms with Gasteiger partial charge in [0.25, 0.3) is 0 Å². The molecule has 4 nitrogen and oxygen atoms in total. The molecule has 0 bridgehead atoms. The zero-order chi connectivity index (χ0) is 21.3. The van der Waals surface area contributed by atoms with Crippen LogP contribution in [0.4, 0.5) is 0 Å². The van der Waals surface area contributed by atoms with E-state index in [0.717, 1.165) is 40.7 Å². The van der Waals surface area contributed by atoms with Crippen LogP contribution in [-0.4, -0.2) is 37.2 Å². The smallest absolute Gasteiger partial charge is 0.163 e. The molecule has 1 fully saturated rings. The van der Waals surface area contributed by atoms with Crippen molar-refractivity contribution in [2.24, 2.45) is 5.92 Å². The Labute approximate surface area is 178 Å². The molecule has 0 unspecified atom stereocenters. The lowest BCUT2D eigenvalue weighted by Gasteiger charge is -2.17. The van der Waals surface area contributed by atoms with Gasteiger partial charge in [-0.05, 0) is 58.7 Å². The summed E-state index contributed by atoms with van der Waals surface area (Å²) in [5.41, 5.74) is 5.24. The van der Waals surface area contributed by atoms with E-state index in [-0.39, 0.29) is 30.1 Å². The van der Waals surface area contributed by atoms with Gasteiger partial charge in [0.15, 0.2) is 9.84 Å². The van der Waals surface area contributed by atoms with Gasteiger partial charge in [0.2, 0.25) is 0 Å². The Kier molecular flexibility index (Phi) is 5.85. The molecule has 158 valence electrons. The molecule has 5 heteroatoms. The van der Waals surface area contributed by atoms with Gasteiger partial charge in [0.1, 0.15) is 11.0 Å². The summed E-state index contributed by atoms with van der Waals surface area (Å²) < 4.78 is 31.1. The Balaban J connectivity index is 1.61. The lowest BCUT2D eigenvalue weighted by molar-refractivity contribution is 0.118. The van der Waals surface area contributed by atoms with E-state index < -0.39 is 15.1 Å². The third-order valence-corrected chi connectivity index (χ3v) is 8.00. The normalized spacial score (nSPS) is 23.2. The summed E-state index contributed by atoms with van der Waals surface area (Å²) in [7, 11) is -3.14. The van der Waals surface area contributed by atoms with Crippen LogP contribution in [0.5, 0.6) is 5.75 Å². The van der Waals surface area contributed by atoms with Crippen molar-refractivity contribution < 1.29 is 18.3 Å². The number of phenols is 1. The van der Waals surface area contributed by atoms with Crippen molar-refractivity contribution >= 4 is 21.5 Å². The third-order valence-electron chi connectivity index (χ3n) is 6.03. The average Bonchev–Trinajstić information content (AvgIpc) is 3.25. The molecule has 0 spiro atoms. The molecule has 0 amide bonds. The van der Waals surface area contributed by atoms with E-state index in [1.54, 1.807) is 12.1 Å². The van der Waals surface area contributed by atoms with E-state index in [2.05, 4.69) is 32.1 Å². The number of hydrogen-bond acceptors (Lipinski definition) is 4. The van der Waals surface area contributed by atoms with Crippen LogP contribution in [0.1, 0.15) is 37.8 Å². The van der Waals surface area contributed by atoms with Gasteiger partial charge >= 0.3 is 0 Å². The van der Waals surface area contributed by atoms with Gasteiger partial charge in [0, 0.05) is 0 Å². The summed E-state index contributed by atoms with van der Waals surface area (Å²) >= 11 is 0. The second-order valence-corrected chi connectivity index (χ2v) is 10.6. The van der Waals surface area contributed by atoms with E-state index in [0.29, 0.717) is 0 Å². The number of ether oxygens (including phenoxy) is 1. The number of benzene rings is 2. The molecule has 2 atom stereocenters. The predicted octanol–water partition coefficient (Wildman–Crippen LogP) is 4.86. The van der Waals surface area contributed by atoms with E-state index in [9.17, 15) is 13.5 Å². The third kappa shape index (κ3) is 4.23. The first-order valence-corrected chi connectivity index (χ1v) is 12.2. The summed E-state index contributed by atoms with van der Waals surface area (Å²) in [5.74, 6) is 0.622. The minimum Gasteiger partial charge on any atom is -0.508 e. The van der Waals surface area contributed by atoms with Gasteiger partial charge < -0.3 is 9.84 Å². The fraction of sp³-hybridized carbons (Fsp3) is 0.360. The molecule has 0 aliphatic carbocycles. The Bertz CT molecular complexity index is 1080. The van der Waals surface area contributed by atoms with E-state index in [4.69, 9.17) is 4.74 Å². The topological polar surface area (TPSA) is 63.6 Å². The molecule has 0 aromatic heterocycles. The molecular weight excluding hydrogens is 396 g/mol. The summed E-state index contributed by atoms with van der Waals surface area (Å²) in [6.45, 7) is 4.40. The van der Waals surface area contributed by atoms with Crippen LogP contribution in [0.25, 0.3) is 11.6 Å². The monoisotopic (exact) mass is 424 g/mol. The first-order chi connectivity index (χ1) is 14.3. The molecule has 0 radical (unpaired) electrons. The maximum Gasteiger partial charge on any atom is 0.163 e. The SMILES string of the molecule is CC(C)C1=C2[C@@H](CC/C(=C/c3cccc(O)c3)c3ccccc3)OC[C@@H]2S(=O)(=O)C1. The maximum absolute atomic E-state index is 12.6. The molecule has 1 N–H and O–H groups in total. The van der Waals surface area contributed by atoms with Gasteiger partial charge in [-0.1, -0.05) is 62.4 Å². The highest BCUT2D eigenvalue weighted by molar-refractivity contribution is 7.92. The Morgan fingerprint density at radius 3 is 2.63 bits per heavy atom. The molecular formula is C25H28O4S. The summed E-state index contributed by atoms with van der Waals surface area (Å²) in [4.78, 5) is 0. The number of phenolic OH excluding ortho intramolecular Hbond substituents is 1. The van der Waals surface area contributed by atoms with Crippen LogP contribution in [0, 0.1) is 5.92 Å². The van der Waals surface area contributed by atoms with Crippen molar-refractivity contribution in [3.8, 4) is 5.75 Å². The molecule has 2 heterocycles. The minimum atomic E-state index is -3.14. The molecule has 2 aliphatic heterocycles. The number of aromatic hydroxyl groups is 1. The minimum absolute atomic E-state index is 0.152. The van der Waals surface area contributed by atoms with E-state index >= 15 is 0 Å². The van der Waals surface area contributed by atoms with E-state index in [1.807, 2.05) is 30.3 Å². The Morgan fingerprint density at radius 2 is 1.93 bits per heavy atom. The van der Waals surface area contributed by atoms with Crippen molar-refractivity contribution in [2.45, 2.75) is 38.0 Å². The zero-order valence-corrected chi connectivity index (χ0v) is 18.2. The van der Waals surface area contributed by atoms with Gasteiger partial charge in [-0.25, -0.2) is 8.42 Å². The molecule has 0 saturated carbocycles. The highest BCUT2D eigenvalue weighted by Crippen LogP contribution is 2.41. The summed E-state index contributed by atoms with van der Waals surface area (Å²) in [5, 5.41) is 9.36. The van der Waals surface area contributed by atoms with Crippen LogP contribution >= 0.6 is 0 Å². The molecule has 4 rings (SSSR count). The predicted molar refractivity (Wildman–Crippen MR) is 121 cm³/mol. The van der Waals surface area contributed by atoms with Crippen LogP contribution < -0.4 is 0 Å². The fourth-order valence-corrected chi connectivity index (χ4v) is 6.61. The highest BCUT2D eigenvalue weighted by atomic mass is 32.2. The van der Waals surface area contributed by atoms with Crippen molar-refractivity contribution in [3.05, 3.63) is 76.9 Å². The lowest BCUT2D eigenvalue weighted by Crippen LogP contribution is -2.19. The maximum atomic E-state index is 12.6. The quantitative estimate of drug-likeness (QED) is 0.531. The van der Waals surface area contributed by atoms with Crippen LogP contribution in [0.2, 0.25) is 0 Å². The second-order valence-electron chi connectivity index (χ2n) is 8.42.